The first-order chi connectivity index (χ1) is 31.3. The van der Waals surface area contributed by atoms with Crippen LogP contribution in [0.3, 0.4) is 0 Å². The topological polar surface area (TPSA) is 249 Å². The van der Waals surface area contributed by atoms with Crippen molar-refractivity contribution >= 4 is 64.4 Å². The van der Waals surface area contributed by atoms with Crippen LogP contribution in [-0.2, 0) is 64.0 Å². The Labute approximate surface area is 378 Å². The summed E-state index contributed by atoms with van der Waals surface area (Å²) in [4.78, 5) is 108. The minimum absolute atomic E-state index is 0.0484. The summed E-state index contributed by atoms with van der Waals surface area (Å²) >= 11 is 1.37. The molecule has 2 aliphatic heterocycles. The molecule has 0 saturated heterocycles. The number of anilines is 1. The van der Waals surface area contributed by atoms with Gasteiger partial charge in [-0.3, -0.25) is 33.6 Å². The zero-order valence-corrected chi connectivity index (χ0v) is 35.8. The lowest BCUT2D eigenvalue weighted by Gasteiger charge is -2.27. The van der Waals surface area contributed by atoms with Crippen molar-refractivity contribution in [2.75, 3.05) is 5.32 Å². The molecule has 0 radical (unpaired) electrons. The van der Waals surface area contributed by atoms with E-state index in [-0.39, 0.29) is 38.5 Å². The Hall–Kier alpha value is -7.66. The molecule has 7 rings (SSSR count). The minimum Gasteiger partial charge on any atom is -0.481 e. The predicted octanol–water partition coefficient (Wildman–Crippen LogP) is 3.40. The highest BCUT2D eigenvalue weighted by Gasteiger charge is 2.34. The summed E-state index contributed by atoms with van der Waals surface area (Å²) in [5, 5.41) is 36.8. The summed E-state index contributed by atoms with van der Waals surface area (Å²) in [5.41, 5.74) is 3.96. The summed E-state index contributed by atoms with van der Waals surface area (Å²) in [6, 6.07) is 28.4. The molecule has 1 aromatic heterocycles. The summed E-state index contributed by atoms with van der Waals surface area (Å²) in [5.74, 6) is -7.49. The van der Waals surface area contributed by atoms with E-state index in [4.69, 9.17) is 0 Å². The number of amides is 6. The third-order valence-electron chi connectivity index (χ3n) is 10.6. The van der Waals surface area contributed by atoms with Gasteiger partial charge in [-0.2, -0.15) is 0 Å². The van der Waals surface area contributed by atoms with Crippen LogP contribution in [0.2, 0.25) is 0 Å². The van der Waals surface area contributed by atoms with Crippen molar-refractivity contribution in [3.8, 4) is 11.1 Å². The Bertz CT molecular complexity index is 2470. The maximum Gasteiger partial charge on any atom is 0.326 e. The van der Waals surface area contributed by atoms with E-state index in [1.807, 2.05) is 60.0 Å². The van der Waals surface area contributed by atoms with Gasteiger partial charge in [0.15, 0.2) is 0 Å². The van der Waals surface area contributed by atoms with Gasteiger partial charge in [0, 0.05) is 49.1 Å². The van der Waals surface area contributed by atoms with Gasteiger partial charge in [0.05, 0.1) is 6.42 Å². The molecule has 1 unspecified atom stereocenters. The Morgan fingerprint density at radius 2 is 1.15 bits per heavy atom. The fraction of sp³-hybridized carbons (Fsp3) is 0.250. The normalized spacial score (nSPS) is 19.2. The largest absolute Gasteiger partial charge is 0.481 e. The summed E-state index contributed by atoms with van der Waals surface area (Å²) in [6.07, 6.45) is -1.72. The van der Waals surface area contributed by atoms with Gasteiger partial charge in [0.1, 0.15) is 30.2 Å². The van der Waals surface area contributed by atoms with Gasteiger partial charge in [-0.15, -0.1) is 11.3 Å². The number of carboxylic acid groups (broad SMARTS) is 2. The Morgan fingerprint density at radius 1 is 0.600 bits per heavy atom. The quantitative estimate of drug-likeness (QED) is 0.0848. The number of aliphatic carboxylic acids is 2. The van der Waals surface area contributed by atoms with Gasteiger partial charge in [-0.05, 0) is 51.4 Å². The third-order valence-corrected chi connectivity index (χ3v) is 11.5. The summed E-state index contributed by atoms with van der Waals surface area (Å²) in [6.45, 7) is 0. The van der Waals surface area contributed by atoms with E-state index in [2.05, 4.69) is 31.9 Å². The maximum atomic E-state index is 14.6. The Kier molecular flexibility index (Phi) is 16.3. The first-order valence-electron chi connectivity index (χ1n) is 20.8. The molecule has 65 heavy (non-hydrogen) atoms. The van der Waals surface area contributed by atoms with Crippen molar-refractivity contribution in [2.45, 2.75) is 75.2 Å². The first kappa shape index (κ1) is 46.8. The van der Waals surface area contributed by atoms with Gasteiger partial charge in [0.2, 0.25) is 35.4 Å². The van der Waals surface area contributed by atoms with E-state index < -0.39 is 84.0 Å². The predicted molar refractivity (Wildman–Crippen MR) is 241 cm³/mol. The van der Waals surface area contributed by atoms with Gasteiger partial charge in [-0.25, -0.2) is 4.79 Å². The molecule has 5 aromatic rings. The van der Waals surface area contributed by atoms with Crippen LogP contribution in [0.5, 0.6) is 0 Å². The van der Waals surface area contributed by atoms with Crippen LogP contribution in [0.25, 0.3) is 11.1 Å². The molecule has 0 saturated carbocycles. The second-order valence-corrected chi connectivity index (χ2v) is 16.5. The molecular weight excluding hydrogens is 853 g/mol. The molecule has 2 aliphatic rings. The van der Waals surface area contributed by atoms with Crippen molar-refractivity contribution in [3.63, 3.8) is 0 Å². The Balaban J connectivity index is 1.37. The average molecular weight is 901 g/mol. The fourth-order valence-electron chi connectivity index (χ4n) is 7.16. The molecule has 0 spiro atoms. The number of rotatable bonds is 12. The van der Waals surface area contributed by atoms with Crippen molar-refractivity contribution in [2.24, 2.45) is 0 Å². The van der Waals surface area contributed by atoms with Gasteiger partial charge >= 0.3 is 11.9 Å². The van der Waals surface area contributed by atoms with E-state index in [0.717, 1.165) is 16.0 Å². The molecule has 6 amide bonds. The minimum atomic E-state index is -1.84. The molecule has 8 N–H and O–H groups in total. The number of hydrogen-bond acceptors (Lipinski definition) is 9. The van der Waals surface area contributed by atoms with Crippen LogP contribution in [0.1, 0.15) is 40.8 Å². The number of hydrogen-bond donors (Lipinski definition) is 8. The van der Waals surface area contributed by atoms with Crippen LogP contribution in [0, 0.1) is 0 Å². The highest BCUT2D eigenvalue weighted by Crippen LogP contribution is 2.21. The number of thiophene rings is 1. The van der Waals surface area contributed by atoms with Crippen LogP contribution < -0.4 is 31.9 Å². The van der Waals surface area contributed by atoms with Gasteiger partial charge < -0.3 is 42.1 Å². The molecule has 5 atom stereocenters. The van der Waals surface area contributed by atoms with E-state index in [1.165, 1.54) is 23.5 Å². The lowest BCUT2D eigenvalue weighted by atomic mass is 9.99. The van der Waals surface area contributed by atoms with E-state index in [0.29, 0.717) is 22.4 Å². The van der Waals surface area contributed by atoms with E-state index in [1.54, 1.807) is 54.6 Å². The molecule has 0 aliphatic carbocycles. The second kappa shape index (κ2) is 22.6. The zero-order valence-electron chi connectivity index (χ0n) is 35.0. The SMILES string of the molecule is O=C(O)C[C@H](NC(=O)[C@@H]1Cc2ccc(cc2)NC(=O)CCC(=O)NC(Cc2cccs2)C(=O)N[C@@H](Cc2ccc(-c3ccccc3)cc2)C(=O)N[C@H](Cc2ccccc2)C(=O)N1)C(=O)O. The van der Waals surface area contributed by atoms with E-state index >= 15 is 0 Å². The first-order valence-corrected chi connectivity index (χ1v) is 21.7. The van der Waals surface area contributed by atoms with Crippen molar-refractivity contribution in [1.82, 2.24) is 26.6 Å². The fourth-order valence-corrected chi connectivity index (χ4v) is 7.91. The molecule has 4 aromatic carbocycles. The molecule has 336 valence electrons. The number of carbonyl (C=O) groups is 8. The average Bonchev–Trinajstić information content (AvgIpc) is 3.81. The molecule has 0 fully saturated rings. The van der Waals surface area contributed by atoms with Crippen molar-refractivity contribution < 1.29 is 48.6 Å². The molecule has 2 bridgehead atoms. The lowest BCUT2D eigenvalue weighted by molar-refractivity contribution is -0.147. The van der Waals surface area contributed by atoms with Gasteiger partial charge in [0.25, 0.3) is 0 Å². The van der Waals surface area contributed by atoms with Crippen molar-refractivity contribution in [3.05, 3.63) is 148 Å². The summed E-state index contributed by atoms with van der Waals surface area (Å²) in [7, 11) is 0. The maximum absolute atomic E-state index is 14.6. The lowest BCUT2D eigenvalue weighted by Crippen LogP contribution is -2.60. The highest BCUT2D eigenvalue weighted by molar-refractivity contribution is 7.09. The number of benzene rings is 4. The number of carboxylic acids is 2. The van der Waals surface area contributed by atoms with Crippen molar-refractivity contribution in [1.29, 1.82) is 0 Å². The van der Waals surface area contributed by atoms with Crippen LogP contribution in [0.4, 0.5) is 5.69 Å². The molecular formula is C48H48N6O10S. The number of carbonyl (C=O) groups excluding carboxylic acids is 6. The highest BCUT2D eigenvalue weighted by atomic mass is 32.1. The van der Waals surface area contributed by atoms with Crippen LogP contribution >= 0.6 is 11.3 Å². The van der Waals surface area contributed by atoms with Gasteiger partial charge in [-0.1, -0.05) is 103 Å². The smallest absolute Gasteiger partial charge is 0.326 e. The monoisotopic (exact) mass is 900 g/mol. The number of nitrogens with one attached hydrogen (secondary N) is 6. The van der Waals surface area contributed by atoms with E-state index in [9.17, 15) is 48.6 Å². The zero-order chi connectivity index (χ0) is 46.3. The molecule has 17 heteroatoms. The van der Waals surface area contributed by atoms with Crippen LogP contribution in [-0.4, -0.2) is 87.8 Å². The summed E-state index contributed by atoms with van der Waals surface area (Å²) < 4.78 is 0. The second-order valence-electron chi connectivity index (χ2n) is 15.5. The van der Waals surface area contributed by atoms with Crippen LogP contribution in [0.15, 0.2) is 127 Å². The standard InChI is InChI=1S/C48H48N6O10S/c55-41-21-22-42(56)50-39(27-35-12-7-23-65-35)47(62)53-37(25-30-13-17-33(18-14-30)32-10-5-2-6-11-32)45(60)51-36(24-29-8-3-1-4-9-29)44(59)52-38(26-31-15-19-34(49-41)20-16-31)46(61)54-40(48(63)64)28-43(57)58/h1-20,23,36-40H,21-22,24-28H2,(H,49,55)(H,50,56)(H,51,60)(H,52,59)(H,53,62)(H,54,61)(H,57,58)(H,63,64)/t36-,37+,38+,39?,40+/m1/s1. The third kappa shape index (κ3) is 14.2. The molecule has 16 nitrogen and oxygen atoms in total. The Morgan fingerprint density at radius 3 is 1.74 bits per heavy atom. The number of fused-ring (bicyclic) bond motifs is 18. The molecule has 3 heterocycles.